The van der Waals surface area contributed by atoms with Gasteiger partial charge in [-0.25, -0.2) is 0 Å². The van der Waals surface area contributed by atoms with E-state index in [1.807, 2.05) is 43.3 Å². The highest BCUT2D eigenvalue weighted by molar-refractivity contribution is 8.17. The molecular formula is C26H29N7O2S2. The summed E-state index contributed by atoms with van der Waals surface area (Å²) in [6.45, 7) is 1.99. The van der Waals surface area contributed by atoms with E-state index in [4.69, 9.17) is 5.73 Å². The van der Waals surface area contributed by atoms with Crippen LogP contribution in [0.1, 0.15) is 48.5 Å². The third-order valence-electron chi connectivity index (χ3n) is 6.04. The summed E-state index contributed by atoms with van der Waals surface area (Å²) in [5, 5.41) is 13.2. The van der Waals surface area contributed by atoms with Gasteiger partial charge >= 0.3 is 0 Å². The first-order valence-electron chi connectivity index (χ1n) is 12.1. The van der Waals surface area contributed by atoms with E-state index in [-0.39, 0.29) is 18.2 Å². The first kappa shape index (κ1) is 26.6. The molecule has 3 atom stereocenters. The number of carbonyl (C=O) groups excluding carboxylic acids is 2. The number of aliphatic imine (C=N–C) groups is 1. The summed E-state index contributed by atoms with van der Waals surface area (Å²) in [6, 6.07) is 10.5. The lowest BCUT2D eigenvalue weighted by Gasteiger charge is -2.15. The zero-order chi connectivity index (χ0) is 26.0. The number of amides is 1. The highest BCUT2D eigenvalue weighted by atomic mass is 32.2. The molecule has 11 heteroatoms. The molecule has 192 valence electrons. The Morgan fingerprint density at radius 2 is 1.95 bits per heavy atom. The van der Waals surface area contributed by atoms with Gasteiger partial charge in [-0.05, 0) is 61.3 Å². The van der Waals surface area contributed by atoms with Crippen molar-refractivity contribution >= 4 is 45.6 Å². The van der Waals surface area contributed by atoms with Crippen molar-refractivity contribution in [2.24, 2.45) is 16.6 Å². The van der Waals surface area contributed by atoms with Crippen LogP contribution in [0.3, 0.4) is 0 Å². The van der Waals surface area contributed by atoms with Crippen molar-refractivity contribution in [2.45, 2.75) is 51.0 Å². The predicted molar refractivity (Wildman–Crippen MR) is 147 cm³/mol. The smallest absolute Gasteiger partial charge is 0.232 e. The average Bonchev–Trinajstić information content (AvgIpc) is 3.58. The van der Waals surface area contributed by atoms with Crippen LogP contribution in [0.25, 0.3) is 0 Å². The number of amidine groups is 1. The summed E-state index contributed by atoms with van der Waals surface area (Å²) < 4.78 is 0. The number of rotatable bonds is 10. The molecule has 3 aromatic heterocycles. The number of aldehydes is 1. The monoisotopic (exact) mass is 535 g/mol. The number of anilines is 1. The molecule has 4 rings (SSSR count). The van der Waals surface area contributed by atoms with Gasteiger partial charge < -0.3 is 15.8 Å². The number of nitrogens with one attached hydrogen (secondary N) is 1. The minimum absolute atomic E-state index is 0.162. The van der Waals surface area contributed by atoms with E-state index in [1.54, 1.807) is 12.4 Å². The van der Waals surface area contributed by atoms with Crippen LogP contribution in [0.4, 0.5) is 5.13 Å². The van der Waals surface area contributed by atoms with Crippen LogP contribution in [-0.2, 0) is 22.4 Å². The number of nitrogens with two attached hydrogens (primary N) is 1. The van der Waals surface area contributed by atoms with Gasteiger partial charge in [-0.3, -0.25) is 19.8 Å². The minimum Gasteiger partial charge on any atom is -0.378 e. The van der Waals surface area contributed by atoms with Gasteiger partial charge in [0.15, 0.2) is 5.17 Å². The third-order valence-corrected chi connectivity index (χ3v) is 8.16. The van der Waals surface area contributed by atoms with E-state index in [0.717, 1.165) is 41.2 Å². The first-order chi connectivity index (χ1) is 18.0. The Balaban J connectivity index is 1.30. The summed E-state index contributed by atoms with van der Waals surface area (Å²) >= 11 is 2.84. The van der Waals surface area contributed by atoms with Crippen LogP contribution in [0.5, 0.6) is 0 Å². The van der Waals surface area contributed by atoms with Crippen molar-refractivity contribution in [1.29, 1.82) is 0 Å². The normalized spacial score (nSPS) is 18.9. The lowest BCUT2D eigenvalue weighted by Crippen LogP contribution is -2.18. The molecule has 0 bridgehead atoms. The average molecular weight is 536 g/mol. The minimum atomic E-state index is -0.565. The largest absolute Gasteiger partial charge is 0.378 e. The van der Waals surface area contributed by atoms with Gasteiger partial charge in [0.05, 0.1) is 6.42 Å². The van der Waals surface area contributed by atoms with Crippen molar-refractivity contribution in [2.75, 3.05) is 5.32 Å². The Bertz CT molecular complexity index is 1250. The second-order valence-electron chi connectivity index (χ2n) is 8.69. The van der Waals surface area contributed by atoms with Crippen molar-refractivity contribution < 1.29 is 9.59 Å². The molecule has 3 N–H and O–H groups in total. The van der Waals surface area contributed by atoms with Crippen LogP contribution in [0.2, 0.25) is 0 Å². The second-order valence-corrected chi connectivity index (χ2v) is 10.8. The number of nitrogens with zero attached hydrogens (tertiary/aromatic N) is 5. The van der Waals surface area contributed by atoms with E-state index >= 15 is 0 Å². The van der Waals surface area contributed by atoms with Crippen LogP contribution in [0, 0.1) is 5.92 Å². The third kappa shape index (κ3) is 7.77. The van der Waals surface area contributed by atoms with E-state index in [1.165, 1.54) is 23.1 Å². The van der Waals surface area contributed by atoms with Crippen LogP contribution in [-0.4, -0.2) is 43.6 Å². The summed E-state index contributed by atoms with van der Waals surface area (Å²) in [5.74, 6) is 0.430. The fourth-order valence-corrected chi connectivity index (χ4v) is 6.13. The predicted octanol–water partition coefficient (Wildman–Crippen LogP) is 4.15. The molecule has 37 heavy (non-hydrogen) atoms. The van der Waals surface area contributed by atoms with Crippen LogP contribution >= 0.6 is 23.1 Å². The number of hydrogen-bond donors (Lipinski definition) is 2. The van der Waals surface area contributed by atoms with Gasteiger partial charge in [0.2, 0.25) is 11.0 Å². The van der Waals surface area contributed by atoms with Gasteiger partial charge in [0.1, 0.15) is 17.3 Å². The maximum absolute atomic E-state index is 12.3. The molecule has 0 aliphatic heterocycles. The molecule has 0 radical (unpaired) electrons. The maximum Gasteiger partial charge on any atom is 0.232 e. The van der Waals surface area contributed by atoms with Crippen molar-refractivity contribution in [3.63, 3.8) is 0 Å². The zero-order valence-corrected chi connectivity index (χ0v) is 22.1. The Labute approximate surface area is 224 Å². The number of aromatic nitrogens is 4. The Morgan fingerprint density at radius 3 is 2.62 bits per heavy atom. The summed E-state index contributed by atoms with van der Waals surface area (Å²) in [5.41, 5.74) is 7.73. The molecule has 1 aliphatic carbocycles. The molecule has 0 aromatic carbocycles. The molecule has 3 aromatic rings. The number of hydrogen-bond acceptors (Lipinski definition) is 9. The molecule has 3 unspecified atom stereocenters. The van der Waals surface area contributed by atoms with Crippen LogP contribution < -0.4 is 11.1 Å². The van der Waals surface area contributed by atoms with E-state index in [2.05, 4.69) is 36.6 Å². The Hall–Kier alpha value is -3.44. The van der Waals surface area contributed by atoms with Gasteiger partial charge in [-0.1, -0.05) is 41.3 Å². The zero-order valence-electron chi connectivity index (χ0n) is 20.5. The lowest BCUT2D eigenvalue weighted by molar-refractivity contribution is -0.115. The molecule has 1 fully saturated rings. The molecule has 0 saturated heterocycles. The molecule has 3 heterocycles. The highest BCUT2D eigenvalue weighted by Gasteiger charge is 2.31. The van der Waals surface area contributed by atoms with Gasteiger partial charge in [0, 0.05) is 36.1 Å². The van der Waals surface area contributed by atoms with Gasteiger partial charge in [0.25, 0.3) is 0 Å². The highest BCUT2D eigenvalue weighted by Crippen LogP contribution is 2.45. The first-order valence-corrected chi connectivity index (χ1v) is 13.7. The number of thioether (sulfide) groups is 1. The number of pyridine rings is 2. The Morgan fingerprint density at radius 1 is 1.19 bits per heavy atom. The van der Waals surface area contributed by atoms with Crippen molar-refractivity contribution in [3.05, 3.63) is 76.2 Å². The van der Waals surface area contributed by atoms with Gasteiger partial charge in [-0.2, -0.15) is 0 Å². The standard InChI is InChI=1S/C26H29N7O2S2/c1-2-22(36-25(27)30-21(16-34)14-19-7-3-5-11-28-19)17-9-10-18(13-17)24-32-33-26(37-24)31-23(35)15-20-8-4-6-12-29-20/h2-8,11-12,16-18,21H,9-10,13-15H2,1H3,(H2,27,30)(H,31,33,35). The van der Waals surface area contributed by atoms with Gasteiger partial charge in [-0.15, -0.1) is 10.2 Å². The SMILES string of the molecule is CC=C(SC(N)=NC(C=O)Cc1ccccn1)C1CCC(c2nnc(NC(=O)Cc3ccccn3)s2)C1. The number of carbonyl (C=O) groups is 2. The lowest BCUT2D eigenvalue weighted by atomic mass is 10.0. The molecule has 0 spiro atoms. The summed E-state index contributed by atoms with van der Waals surface area (Å²) in [4.78, 5) is 37.9. The van der Waals surface area contributed by atoms with E-state index < -0.39 is 6.04 Å². The molecule has 9 nitrogen and oxygen atoms in total. The molecule has 1 aliphatic rings. The molecule has 1 amide bonds. The van der Waals surface area contributed by atoms with E-state index in [0.29, 0.717) is 28.3 Å². The summed E-state index contributed by atoms with van der Waals surface area (Å²) in [6.07, 6.45) is 9.75. The fourth-order valence-electron chi connectivity index (χ4n) is 4.29. The topological polar surface area (TPSA) is 136 Å². The summed E-state index contributed by atoms with van der Waals surface area (Å²) in [7, 11) is 0. The molecular weight excluding hydrogens is 506 g/mol. The number of allylic oxidation sites excluding steroid dienone is 2. The second kappa shape index (κ2) is 13.2. The Kier molecular flexibility index (Phi) is 9.50. The quantitative estimate of drug-likeness (QED) is 0.224. The fraction of sp³-hybridized carbons (Fsp3) is 0.346. The van der Waals surface area contributed by atoms with Crippen LogP contribution in [0.15, 0.2) is 64.8 Å². The van der Waals surface area contributed by atoms with E-state index in [9.17, 15) is 9.59 Å². The maximum atomic E-state index is 12.3. The van der Waals surface area contributed by atoms with Crippen molar-refractivity contribution in [3.8, 4) is 0 Å². The molecule has 1 saturated carbocycles. The van der Waals surface area contributed by atoms with Crippen molar-refractivity contribution in [1.82, 2.24) is 20.2 Å².